The number of nitrogens with two attached hydrogens (primary N) is 1. The van der Waals surface area contributed by atoms with Gasteiger partial charge in [0.2, 0.25) is 0 Å². The molecule has 0 fully saturated rings. The first-order valence-corrected chi connectivity index (χ1v) is 4.48. The molecule has 1 unspecified atom stereocenters. The molecule has 0 amide bonds. The van der Waals surface area contributed by atoms with Gasteiger partial charge >= 0.3 is 12.0 Å². The molecule has 7 nitrogen and oxygen atoms in total. The minimum atomic E-state index is -1.02. The van der Waals surface area contributed by atoms with E-state index in [4.69, 9.17) is 26.3 Å². The lowest BCUT2D eigenvalue weighted by molar-refractivity contribution is -0.138. The molecule has 4 N–H and O–H groups in total. The predicted molar refractivity (Wildman–Crippen MR) is 56.7 cm³/mol. The normalized spacial score (nSPS) is 10.2. The Hall–Kier alpha value is -2.46. The summed E-state index contributed by atoms with van der Waals surface area (Å²) < 4.78 is 0. The second kappa shape index (κ2) is 7.78. The van der Waals surface area contributed by atoms with E-state index in [1.54, 1.807) is 12.1 Å². The van der Waals surface area contributed by atoms with E-state index in [1.165, 1.54) is 12.1 Å². The van der Waals surface area contributed by atoms with Crippen molar-refractivity contribution in [3.63, 3.8) is 0 Å². The molecule has 0 saturated heterocycles. The average molecular weight is 237 g/mol. The van der Waals surface area contributed by atoms with Crippen LogP contribution < -0.4 is 5.73 Å². The summed E-state index contributed by atoms with van der Waals surface area (Å²) in [5.41, 5.74) is 13.2. The Morgan fingerprint density at radius 2 is 1.94 bits per heavy atom. The van der Waals surface area contributed by atoms with Gasteiger partial charge in [0, 0.05) is 0 Å². The van der Waals surface area contributed by atoms with Crippen LogP contribution in [0.4, 0.5) is 0 Å². The smallest absolute Gasteiger partial charge is 0.508 e. The molecule has 0 aromatic heterocycles. The van der Waals surface area contributed by atoms with E-state index in [0.717, 1.165) is 11.6 Å². The summed E-state index contributed by atoms with van der Waals surface area (Å²) in [6.45, 7) is 0. The zero-order valence-corrected chi connectivity index (χ0v) is 8.78. The third-order valence-corrected chi connectivity index (χ3v) is 1.75. The van der Waals surface area contributed by atoms with E-state index in [0.29, 0.717) is 0 Å². The van der Waals surface area contributed by atoms with E-state index in [9.17, 15) is 4.79 Å². The molecule has 7 heteroatoms. The van der Waals surface area contributed by atoms with E-state index in [-0.39, 0.29) is 12.2 Å². The van der Waals surface area contributed by atoms with Crippen LogP contribution in [0.1, 0.15) is 5.56 Å². The first-order valence-electron chi connectivity index (χ1n) is 4.48. The molecule has 0 bridgehead atoms. The maximum Gasteiger partial charge on any atom is 0.557 e. The number of phenols is 1. The number of carbonyl (C=O) groups excluding carboxylic acids is 1. The summed E-state index contributed by atoms with van der Waals surface area (Å²) in [4.78, 5) is 21.0. The summed E-state index contributed by atoms with van der Waals surface area (Å²) >= 11 is 0. The zero-order chi connectivity index (χ0) is 13.3. The third-order valence-electron chi connectivity index (χ3n) is 1.75. The van der Waals surface area contributed by atoms with E-state index in [1.807, 2.05) is 4.79 Å². The third kappa shape index (κ3) is 6.59. The molecule has 1 rings (SSSR count). The van der Waals surface area contributed by atoms with E-state index >= 15 is 0 Å². The Balaban J connectivity index is 0.000000557. The van der Waals surface area contributed by atoms with Gasteiger partial charge in [-0.25, -0.2) is 0 Å². The Labute approximate surface area is 96.7 Å². The minimum Gasteiger partial charge on any atom is -0.508 e. The fourth-order valence-corrected chi connectivity index (χ4v) is 0.973. The van der Waals surface area contributed by atoms with Gasteiger partial charge in [-0.2, -0.15) is 0 Å². The average Bonchev–Trinajstić information content (AvgIpc) is 2.32. The van der Waals surface area contributed by atoms with Crippen molar-refractivity contribution in [1.82, 2.24) is 0 Å². The number of rotatable bonds is 3. The summed E-state index contributed by atoms with van der Waals surface area (Å²) in [7, 11) is 0. The van der Waals surface area contributed by atoms with E-state index < -0.39 is 12.0 Å². The Bertz CT molecular complexity index is 423. The van der Waals surface area contributed by atoms with Crippen LogP contribution in [0, 0.1) is 0 Å². The molecule has 1 aromatic rings. The van der Waals surface area contributed by atoms with Crippen molar-refractivity contribution >= 4 is 12.0 Å². The van der Waals surface area contributed by atoms with Crippen LogP contribution in [0.25, 0.3) is 5.53 Å². The van der Waals surface area contributed by atoms with Gasteiger partial charge in [0.05, 0.1) is 0 Å². The van der Waals surface area contributed by atoms with Crippen LogP contribution >= 0.6 is 0 Å². The molecular weight excluding hydrogens is 226 g/mol. The van der Waals surface area contributed by atoms with Crippen molar-refractivity contribution < 1.29 is 24.6 Å². The number of carbonyl (C=O) groups is 1. The number of carboxylic acids is 1. The number of aliphatic carboxylic acids is 1. The highest BCUT2D eigenvalue weighted by molar-refractivity contribution is 5.73. The maximum absolute atomic E-state index is 10.4. The molecule has 0 aliphatic heterocycles. The van der Waals surface area contributed by atoms with Crippen LogP contribution in [-0.2, 0) is 16.0 Å². The Kier molecular flexibility index (Phi) is 6.66. The molecule has 0 radical (unpaired) electrons. The van der Waals surface area contributed by atoms with Gasteiger partial charge in [0.1, 0.15) is 11.8 Å². The fourth-order valence-electron chi connectivity index (χ4n) is 0.973. The molecule has 1 atom stereocenters. The summed E-state index contributed by atoms with van der Waals surface area (Å²) in [5, 5.41) is 17.5. The molecule has 0 aliphatic rings. The first kappa shape index (κ1) is 14.5. The molecule has 0 heterocycles. The van der Waals surface area contributed by atoms with Gasteiger partial charge in [-0.3, -0.25) is 4.79 Å². The lowest BCUT2D eigenvalue weighted by atomic mass is 10.1. The number of aromatic hydroxyl groups is 1. The van der Waals surface area contributed by atoms with Crippen LogP contribution in [0.3, 0.4) is 0 Å². The fraction of sp³-hybridized carbons (Fsp3) is 0.200. The molecule has 0 saturated carbocycles. The number of benzene rings is 1. The topological polar surface area (TPSA) is 137 Å². The zero-order valence-electron chi connectivity index (χ0n) is 8.78. The van der Waals surface area contributed by atoms with Crippen molar-refractivity contribution in [2.45, 2.75) is 12.5 Å². The van der Waals surface area contributed by atoms with Crippen molar-refractivity contribution in [3.8, 4) is 5.75 Å². The second-order valence-electron chi connectivity index (χ2n) is 3.01. The lowest BCUT2D eigenvalue weighted by Gasteiger charge is -2.05. The van der Waals surface area contributed by atoms with Crippen LogP contribution in [0.15, 0.2) is 24.3 Å². The molecule has 17 heavy (non-hydrogen) atoms. The number of carboxylic acid groups (broad SMARTS) is 1. The molecule has 1 aromatic carbocycles. The van der Waals surface area contributed by atoms with Gasteiger partial charge in [-0.15, -0.1) is 4.79 Å². The van der Waals surface area contributed by atoms with Crippen molar-refractivity contribution in [2.24, 2.45) is 5.73 Å². The van der Waals surface area contributed by atoms with Gasteiger partial charge in [0.15, 0.2) is 0 Å². The molecule has 90 valence electrons. The summed E-state index contributed by atoms with van der Waals surface area (Å²) in [6, 6.07) is 5.42. The number of phenolic OH excluding ortho intramolecular Hbond substituents is 1. The van der Waals surface area contributed by atoms with Crippen LogP contribution in [0.2, 0.25) is 0 Å². The van der Waals surface area contributed by atoms with Crippen molar-refractivity contribution in [3.05, 3.63) is 35.4 Å². The largest absolute Gasteiger partial charge is 0.557 e. The monoisotopic (exact) mass is 237 g/mol. The highest BCUT2D eigenvalue weighted by Crippen LogP contribution is 2.10. The highest BCUT2D eigenvalue weighted by atomic mass is 16.4. The minimum absolute atomic E-state index is 0.160. The maximum atomic E-state index is 10.4. The number of hydrogen-bond acceptors (Lipinski definition) is 4. The standard InChI is InChI=1S/C9H11NO3.CN2O/c10-8(9(12)13)5-6-1-3-7(11)4-2-6;2-3-1-4/h1-4,8,11H,5,10H2,(H,12,13);. The summed E-state index contributed by atoms with van der Waals surface area (Å²) in [6.07, 6.45) is 1.13. The van der Waals surface area contributed by atoms with Crippen molar-refractivity contribution in [2.75, 3.05) is 0 Å². The summed E-state index contributed by atoms with van der Waals surface area (Å²) in [5.74, 6) is -0.860. The van der Waals surface area contributed by atoms with Crippen LogP contribution in [-0.4, -0.2) is 33.1 Å². The van der Waals surface area contributed by atoms with Crippen molar-refractivity contribution in [1.29, 1.82) is 0 Å². The quantitative estimate of drug-likeness (QED) is 0.291. The Morgan fingerprint density at radius 1 is 1.47 bits per heavy atom. The number of isocyanates is 1. The van der Waals surface area contributed by atoms with Crippen LogP contribution in [0.5, 0.6) is 5.75 Å². The lowest BCUT2D eigenvalue weighted by Crippen LogP contribution is -2.32. The SMILES string of the molecule is NC(Cc1ccc(O)cc1)C(=O)O.[N-]=[N+]=C=O. The number of hydrogen-bond donors (Lipinski definition) is 3. The Morgan fingerprint density at radius 3 is 2.29 bits per heavy atom. The molecular formula is C10H11N3O4. The van der Waals surface area contributed by atoms with Gasteiger partial charge in [0.25, 0.3) is 0 Å². The van der Waals surface area contributed by atoms with Gasteiger partial charge in [-0.1, -0.05) is 16.9 Å². The number of nitrogens with zero attached hydrogens (tertiary/aromatic N) is 2. The second-order valence-corrected chi connectivity index (χ2v) is 3.01. The van der Waals surface area contributed by atoms with Gasteiger partial charge in [-0.05, 0) is 24.1 Å². The van der Waals surface area contributed by atoms with E-state index in [2.05, 4.69) is 0 Å². The highest BCUT2D eigenvalue weighted by Gasteiger charge is 2.11. The molecule has 0 spiro atoms. The molecule has 0 aliphatic carbocycles. The first-order chi connectivity index (χ1) is 8.01. The predicted octanol–water partition coefficient (Wildman–Crippen LogP) is -0.101. The van der Waals surface area contributed by atoms with Gasteiger partial charge < -0.3 is 21.5 Å².